The molecule has 0 saturated carbocycles. The molecule has 1 aromatic rings. The SMILES string of the molecule is C[C@]1(CO)O[C@@H](n2cc(CN)c(=O)[nH]c2=O)C[C@@H]1O. The van der Waals surface area contributed by atoms with Gasteiger partial charge in [0.1, 0.15) is 11.8 Å². The number of aliphatic hydroxyl groups is 2. The van der Waals surface area contributed by atoms with Gasteiger partial charge in [-0.25, -0.2) is 4.79 Å². The molecule has 3 atom stereocenters. The molecule has 1 saturated heterocycles. The summed E-state index contributed by atoms with van der Waals surface area (Å²) in [4.78, 5) is 25.3. The van der Waals surface area contributed by atoms with E-state index < -0.39 is 29.2 Å². The molecule has 0 aliphatic carbocycles. The third-order valence-corrected chi connectivity index (χ3v) is 3.42. The minimum absolute atomic E-state index is 0.0118. The van der Waals surface area contributed by atoms with Gasteiger partial charge in [0.05, 0.1) is 12.7 Å². The van der Waals surface area contributed by atoms with Gasteiger partial charge in [0.2, 0.25) is 0 Å². The van der Waals surface area contributed by atoms with Crippen molar-refractivity contribution in [2.24, 2.45) is 5.73 Å². The van der Waals surface area contributed by atoms with Crippen molar-refractivity contribution in [1.29, 1.82) is 0 Å². The van der Waals surface area contributed by atoms with Crippen LogP contribution in [0.25, 0.3) is 0 Å². The highest BCUT2D eigenvalue weighted by atomic mass is 16.6. The van der Waals surface area contributed by atoms with Gasteiger partial charge in [0.15, 0.2) is 0 Å². The Morgan fingerprint density at radius 1 is 1.63 bits per heavy atom. The molecule has 106 valence electrons. The summed E-state index contributed by atoms with van der Waals surface area (Å²) in [5.41, 5.74) is 3.36. The predicted molar refractivity (Wildman–Crippen MR) is 65.5 cm³/mol. The van der Waals surface area contributed by atoms with Crippen molar-refractivity contribution in [1.82, 2.24) is 9.55 Å². The van der Waals surface area contributed by atoms with Crippen LogP contribution in [0.3, 0.4) is 0 Å². The number of H-pyrrole nitrogens is 1. The first kappa shape index (κ1) is 13.9. The van der Waals surface area contributed by atoms with E-state index >= 15 is 0 Å². The van der Waals surface area contributed by atoms with Crippen molar-refractivity contribution in [2.75, 3.05) is 6.61 Å². The van der Waals surface area contributed by atoms with Crippen molar-refractivity contribution in [3.8, 4) is 0 Å². The molecule has 1 aliphatic rings. The summed E-state index contributed by atoms with van der Waals surface area (Å²) >= 11 is 0. The van der Waals surface area contributed by atoms with Crippen molar-refractivity contribution in [2.45, 2.75) is 37.8 Å². The molecule has 5 N–H and O–H groups in total. The molecule has 0 spiro atoms. The lowest BCUT2D eigenvalue weighted by molar-refractivity contribution is -0.116. The topological polar surface area (TPSA) is 131 Å². The predicted octanol–water partition coefficient (Wildman–Crippen LogP) is -1.97. The number of hydrogen-bond donors (Lipinski definition) is 4. The zero-order valence-corrected chi connectivity index (χ0v) is 10.5. The summed E-state index contributed by atoms with van der Waals surface area (Å²) in [6.45, 7) is 1.17. The summed E-state index contributed by atoms with van der Waals surface area (Å²) in [5, 5.41) is 19.1. The standard InChI is InChI=1S/C11H17N3O5/c1-11(5-15)7(16)2-8(19-11)14-4-6(3-12)9(17)13-10(14)18/h4,7-8,15-16H,2-3,5,12H2,1H3,(H,13,17,18)/t7-,8+,11+/m0/s1. The van der Waals surface area contributed by atoms with Crippen LogP contribution in [0.5, 0.6) is 0 Å². The van der Waals surface area contributed by atoms with Crippen molar-refractivity contribution >= 4 is 0 Å². The van der Waals surface area contributed by atoms with Gasteiger partial charge in [0, 0.05) is 24.7 Å². The lowest BCUT2D eigenvalue weighted by Gasteiger charge is -2.25. The van der Waals surface area contributed by atoms with Crippen LogP contribution in [0.15, 0.2) is 15.8 Å². The maximum absolute atomic E-state index is 11.7. The second-order valence-electron chi connectivity index (χ2n) is 4.82. The molecule has 1 aromatic heterocycles. The third-order valence-electron chi connectivity index (χ3n) is 3.42. The fraction of sp³-hybridized carbons (Fsp3) is 0.636. The van der Waals surface area contributed by atoms with Crippen LogP contribution in [0.1, 0.15) is 25.1 Å². The van der Waals surface area contributed by atoms with E-state index in [1.165, 1.54) is 10.8 Å². The van der Waals surface area contributed by atoms with E-state index in [0.29, 0.717) is 0 Å². The van der Waals surface area contributed by atoms with Gasteiger partial charge < -0.3 is 20.7 Å². The van der Waals surface area contributed by atoms with Gasteiger partial charge in [-0.15, -0.1) is 0 Å². The normalized spacial score (nSPS) is 30.7. The molecular formula is C11H17N3O5. The lowest BCUT2D eigenvalue weighted by atomic mass is 10.0. The molecule has 2 rings (SSSR count). The summed E-state index contributed by atoms with van der Waals surface area (Å²) in [6, 6.07) is 0. The van der Waals surface area contributed by atoms with Gasteiger partial charge in [-0.1, -0.05) is 0 Å². The number of ether oxygens (including phenoxy) is 1. The van der Waals surface area contributed by atoms with Crippen LogP contribution < -0.4 is 17.0 Å². The Kier molecular flexibility index (Phi) is 3.59. The Morgan fingerprint density at radius 3 is 2.84 bits per heavy atom. The van der Waals surface area contributed by atoms with E-state index in [0.717, 1.165) is 0 Å². The van der Waals surface area contributed by atoms with E-state index in [9.17, 15) is 19.8 Å². The average Bonchev–Trinajstić information content (AvgIpc) is 2.66. The fourth-order valence-electron chi connectivity index (χ4n) is 2.08. The third kappa shape index (κ3) is 2.35. The first-order valence-electron chi connectivity index (χ1n) is 5.92. The van der Waals surface area contributed by atoms with Gasteiger partial charge in [0.25, 0.3) is 5.56 Å². The van der Waals surface area contributed by atoms with E-state index in [1.54, 1.807) is 6.92 Å². The van der Waals surface area contributed by atoms with E-state index in [2.05, 4.69) is 4.98 Å². The number of nitrogens with two attached hydrogens (primary N) is 1. The van der Waals surface area contributed by atoms with Crippen molar-refractivity contribution in [3.63, 3.8) is 0 Å². The second kappa shape index (κ2) is 4.89. The lowest BCUT2D eigenvalue weighted by Crippen LogP contribution is -2.40. The maximum atomic E-state index is 11.7. The molecule has 1 fully saturated rings. The largest absolute Gasteiger partial charge is 0.393 e. The maximum Gasteiger partial charge on any atom is 0.330 e. The molecule has 0 aromatic carbocycles. The summed E-state index contributed by atoms with van der Waals surface area (Å²) < 4.78 is 6.69. The number of aromatic nitrogens is 2. The van der Waals surface area contributed by atoms with Crippen LogP contribution in [0.2, 0.25) is 0 Å². The Bertz CT molecular complexity index is 580. The number of rotatable bonds is 3. The van der Waals surface area contributed by atoms with Crippen LogP contribution >= 0.6 is 0 Å². The monoisotopic (exact) mass is 271 g/mol. The van der Waals surface area contributed by atoms with E-state index in [-0.39, 0.29) is 25.1 Å². The molecule has 19 heavy (non-hydrogen) atoms. The number of nitrogens with one attached hydrogen (secondary N) is 1. The number of aliphatic hydroxyl groups excluding tert-OH is 2. The Labute approximate surface area is 108 Å². The van der Waals surface area contributed by atoms with Crippen LogP contribution in [-0.4, -0.2) is 38.1 Å². The molecule has 2 heterocycles. The molecule has 0 radical (unpaired) electrons. The zero-order valence-electron chi connectivity index (χ0n) is 10.5. The van der Waals surface area contributed by atoms with Gasteiger partial charge in [-0.05, 0) is 6.92 Å². The van der Waals surface area contributed by atoms with E-state index in [1.807, 2.05) is 0 Å². The fourth-order valence-corrected chi connectivity index (χ4v) is 2.08. The van der Waals surface area contributed by atoms with Crippen molar-refractivity contribution in [3.05, 3.63) is 32.6 Å². The summed E-state index contributed by atoms with van der Waals surface area (Å²) in [7, 11) is 0. The van der Waals surface area contributed by atoms with Gasteiger partial charge >= 0.3 is 5.69 Å². The Morgan fingerprint density at radius 2 is 2.32 bits per heavy atom. The van der Waals surface area contributed by atoms with Gasteiger partial charge in [-0.3, -0.25) is 14.3 Å². The Hall–Kier alpha value is -1.48. The van der Waals surface area contributed by atoms with Crippen LogP contribution in [0.4, 0.5) is 0 Å². The smallest absolute Gasteiger partial charge is 0.330 e. The second-order valence-corrected chi connectivity index (χ2v) is 4.82. The van der Waals surface area contributed by atoms with Gasteiger partial charge in [-0.2, -0.15) is 0 Å². The highest BCUT2D eigenvalue weighted by molar-refractivity contribution is 5.05. The highest BCUT2D eigenvalue weighted by Gasteiger charge is 2.45. The molecule has 0 unspecified atom stereocenters. The average molecular weight is 271 g/mol. The van der Waals surface area contributed by atoms with Crippen molar-refractivity contribution < 1.29 is 14.9 Å². The first-order chi connectivity index (χ1) is 8.91. The molecule has 1 aliphatic heterocycles. The number of aromatic amines is 1. The van der Waals surface area contributed by atoms with Crippen LogP contribution in [-0.2, 0) is 11.3 Å². The van der Waals surface area contributed by atoms with Crippen LogP contribution in [0, 0.1) is 0 Å². The molecule has 0 amide bonds. The highest BCUT2D eigenvalue weighted by Crippen LogP contribution is 2.35. The molecular weight excluding hydrogens is 254 g/mol. The van der Waals surface area contributed by atoms with E-state index in [4.69, 9.17) is 10.5 Å². The minimum Gasteiger partial charge on any atom is -0.393 e. The molecule has 8 heteroatoms. The molecule has 0 bridgehead atoms. The minimum atomic E-state index is -1.12. The quantitative estimate of drug-likeness (QED) is 0.504. The first-order valence-corrected chi connectivity index (χ1v) is 5.92. The summed E-state index contributed by atoms with van der Waals surface area (Å²) in [5.74, 6) is 0. The number of hydrogen-bond acceptors (Lipinski definition) is 6. The number of nitrogens with zero attached hydrogens (tertiary/aromatic N) is 1. The molecule has 8 nitrogen and oxygen atoms in total. The Balaban J connectivity index is 2.39. The summed E-state index contributed by atoms with van der Waals surface area (Å²) in [6.07, 6.45) is -0.182. The zero-order chi connectivity index (χ0) is 14.2.